The Morgan fingerprint density at radius 3 is 2.75 bits per heavy atom. The van der Waals surface area contributed by atoms with E-state index in [0.29, 0.717) is 12.4 Å². The summed E-state index contributed by atoms with van der Waals surface area (Å²) in [4.78, 5) is 0. The number of aromatic nitrogens is 3. The second kappa shape index (κ2) is 5.21. The fourth-order valence-corrected chi connectivity index (χ4v) is 1.37. The number of hydrogen-bond donors (Lipinski definition) is 0. The highest BCUT2D eigenvalue weighted by molar-refractivity contribution is 5.64. The van der Waals surface area contributed by atoms with Crippen LogP contribution in [0.15, 0.2) is 36.5 Å². The molecule has 2 aromatic rings. The third kappa shape index (κ3) is 2.34. The molecule has 2 rings (SSSR count). The van der Waals surface area contributed by atoms with Crippen molar-refractivity contribution in [3.8, 4) is 17.0 Å². The summed E-state index contributed by atoms with van der Waals surface area (Å²) in [5, 5.41) is 11.4. The van der Waals surface area contributed by atoms with Crippen LogP contribution in [-0.2, 0) is 0 Å². The molecular formula is C12H13N3O. The van der Waals surface area contributed by atoms with E-state index in [9.17, 15) is 0 Å². The Kier molecular flexibility index (Phi) is 3.43. The van der Waals surface area contributed by atoms with Gasteiger partial charge in [0.25, 0.3) is 0 Å². The minimum atomic E-state index is 0.660. The van der Waals surface area contributed by atoms with Crippen LogP contribution in [0.5, 0.6) is 5.75 Å². The summed E-state index contributed by atoms with van der Waals surface area (Å²) in [5.74, 6) is 0.683. The molecule has 0 saturated heterocycles. The molecule has 0 atom stereocenters. The summed E-state index contributed by atoms with van der Waals surface area (Å²) in [6.45, 7) is 2.72. The van der Waals surface area contributed by atoms with Crippen LogP contribution in [0.1, 0.15) is 13.3 Å². The summed E-state index contributed by atoms with van der Waals surface area (Å²) in [6, 6.07) is 9.83. The average Bonchev–Trinajstić information content (AvgIpc) is 2.38. The van der Waals surface area contributed by atoms with Crippen LogP contribution in [0, 0.1) is 0 Å². The topological polar surface area (TPSA) is 47.9 Å². The van der Waals surface area contributed by atoms with Gasteiger partial charge in [-0.15, -0.1) is 10.2 Å². The Morgan fingerprint density at radius 1 is 1.19 bits per heavy atom. The fraction of sp³-hybridized carbons (Fsp3) is 0.250. The maximum atomic E-state index is 5.58. The molecule has 16 heavy (non-hydrogen) atoms. The van der Waals surface area contributed by atoms with Gasteiger partial charge in [0.2, 0.25) is 0 Å². The molecule has 4 nitrogen and oxygen atoms in total. The van der Waals surface area contributed by atoms with Gasteiger partial charge in [0.15, 0.2) is 5.75 Å². The van der Waals surface area contributed by atoms with E-state index in [1.165, 1.54) is 0 Å². The molecule has 0 radical (unpaired) electrons. The molecule has 0 unspecified atom stereocenters. The lowest BCUT2D eigenvalue weighted by molar-refractivity contribution is 0.315. The van der Waals surface area contributed by atoms with Crippen molar-refractivity contribution >= 4 is 0 Å². The second-order valence-corrected chi connectivity index (χ2v) is 3.36. The zero-order chi connectivity index (χ0) is 11.2. The van der Waals surface area contributed by atoms with E-state index in [0.717, 1.165) is 17.7 Å². The first-order chi connectivity index (χ1) is 7.92. The minimum Gasteiger partial charge on any atom is -0.490 e. The number of hydrogen-bond acceptors (Lipinski definition) is 4. The van der Waals surface area contributed by atoms with E-state index in [2.05, 4.69) is 22.3 Å². The first-order valence-electron chi connectivity index (χ1n) is 5.28. The molecule has 1 aromatic heterocycles. The molecule has 0 aliphatic rings. The Bertz CT molecular complexity index is 445. The zero-order valence-electron chi connectivity index (χ0n) is 9.13. The lowest BCUT2D eigenvalue weighted by Crippen LogP contribution is -2.00. The molecule has 0 saturated carbocycles. The third-order valence-corrected chi connectivity index (χ3v) is 2.11. The highest BCUT2D eigenvalue weighted by atomic mass is 16.5. The van der Waals surface area contributed by atoms with Crippen LogP contribution in [0.3, 0.4) is 0 Å². The average molecular weight is 215 g/mol. The second-order valence-electron chi connectivity index (χ2n) is 3.36. The van der Waals surface area contributed by atoms with Crippen molar-refractivity contribution in [1.29, 1.82) is 0 Å². The number of nitrogens with zero attached hydrogens (tertiary/aromatic N) is 3. The highest BCUT2D eigenvalue weighted by Gasteiger charge is 2.07. The molecule has 0 amide bonds. The van der Waals surface area contributed by atoms with Gasteiger partial charge >= 0.3 is 0 Å². The summed E-state index contributed by atoms with van der Waals surface area (Å²) in [6.07, 6.45) is 2.56. The van der Waals surface area contributed by atoms with Gasteiger partial charge in [0.05, 0.1) is 12.8 Å². The summed E-state index contributed by atoms with van der Waals surface area (Å²) < 4.78 is 5.58. The molecule has 4 heteroatoms. The number of rotatable bonds is 4. The SMILES string of the molecule is CCCOc1cnnnc1-c1ccccc1. The first kappa shape index (κ1) is 10.5. The smallest absolute Gasteiger partial charge is 0.167 e. The summed E-state index contributed by atoms with van der Waals surface area (Å²) in [7, 11) is 0. The lowest BCUT2D eigenvalue weighted by atomic mass is 10.1. The molecule has 82 valence electrons. The monoisotopic (exact) mass is 215 g/mol. The van der Waals surface area contributed by atoms with Crippen molar-refractivity contribution in [2.75, 3.05) is 6.61 Å². The quantitative estimate of drug-likeness (QED) is 0.785. The minimum absolute atomic E-state index is 0.660. The lowest BCUT2D eigenvalue weighted by Gasteiger charge is -2.07. The van der Waals surface area contributed by atoms with Crippen LogP contribution in [0.4, 0.5) is 0 Å². The molecule has 0 aliphatic heterocycles. The molecular weight excluding hydrogens is 202 g/mol. The maximum Gasteiger partial charge on any atom is 0.167 e. The van der Waals surface area contributed by atoms with E-state index in [-0.39, 0.29) is 0 Å². The Hall–Kier alpha value is -1.97. The van der Waals surface area contributed by atoms with Crippen LogP contribution < -0.4 is 4.74 Å². The van der Waals surface area contributed by atoms with Crippen molar-refractivity contribution in [2.45, 2.75) is 13.3 Å². The van der Waals surface area contributed by atoms with Crippen LogP contribution in [0.25, 0.3) is 11.3 Å². The standard InChI is InChI=1S/C12H13N3O/c1-2-8-16-11-9-13-15-14-12(11)10-6-4-3-5-7-10/h3-7,9H,2,8H2,1H3. The fourth-order valence-electron chi connectivity index (χ4n) is 1.37. The van der Waals surface area contributed by atoms with Crippen LogP contribution in [0.2, 0.25) is 0 Å². The number of ether oxygens (including phenoxy) is 1. The van der Waals surface area contributed by atoms with Gasteiger partial charge in [-0.05, 0) is 11.6 Å². The molecule has 0 aliphatic carbocycles. The van der Waals surface area contributed by atoms with Gasteiger partial charge in [0.1, 0.15) is 5.69 Å². The summed E-state index contributed by atoms with van der Waals surface area (Å²) >= 11 is 0. The Labute approximate surface area is 94.3 Å². The molecule has 0 N–H and O–H groups in total. The van der Waals surface area contributed by atoms with E-state index in [1.54, 1.807) is 6.20 Å². The zero-order valence-corrected chi connectivity index (χ0v) is 9.13. The van der Waals surface area contributed by atoms with Crippen molar-refractivity contribution in [2.24, 2.45) is 0 Å². The molecule has 0 bridgehead atoms. The van der Waals surface area contributed by atoms with Crippen LogP contribution >= 0.6 is 0 Å². The first-order valence-corrected chi connectivity index (χ1v) is 5.28. The predicted octanol–water partition coefficient (Wildman–Crippen LogP) is 2.33. The summed E-state index contributed by atoms with van der Waals surface area (Å²) in [5.41, 5.74) is 1.73. The molecule has 0 fully saturated rings. The Balaban J connectivity index is 2.33. The van der Waals surface area contributed by atoms with Crippen LogP contribution in [-0.4, -0.2) is 22.0 Å². The third-order valence-electron chi connectivity index (χ3n) is 2.11. The van der Waals surface area contributed by atoms with E-state index >= 15 is 0 Å². The van der Waals surface area contributed by atoms with Crippen molar-refractivity contribution in [3.63, 3.8) is 0 Å². The van der Waals surface area contributed by atoms with Crippen molar-refractivity contribution < 1.29 is 4.74 Å². The highest BCUT2D eigenvalue weighted by Crippen LogP contribution is 2.25. The van der Waals surface area contributed by atoms with E-state index in [4.69, 9.17) is 4.74 Å². The maximum absolute atomic E-state index is 5.58. The van der Waals surface area contributed by atoms with Gasteiger partial charge in [-0.1, -0.05) is 37.3 Å². The largest absolute Gasteiger partial charge is 0.490 e. The van der Waals surface area contributed by atoms with Gasteiger partial charge in [-0.2, -0.15) is 0 Å². The normalized spacial score (nSPS) is 10.1. The number of benzene rings is 1. The molecule has 1 aromatic carbocycles. The predicted molar refractivity (Wildman–Crippen MR) is 61.0 cm³/mol. The van der Waals surface area contributed by atoms with E-state index in [1.807, 2.05) is 30.3 Å². The van der Waals surface area contributed by atoms with Gasteiger partial charge in [-0.3, -0.25) is 0 Å². The van der Waals surface area contributed by atoms with Gasteiger partial charge < -0.3 is 4.74 Å². The molecule has 1 heterocycles. The van der Waals surface area contributed by atoms with E-state index < -0.39 is 0 Å². The Morgan fingerprint density at radius 2 is 2.00 bits per heavy atom. The molecule has 0 spiro atoms. The van der Waals surface area contributed by atoms with Crippen molar-refractivity contribution in [1.82, 2.24) is 15.4 Å². The van der Waals surface area contributed by atoms with Gasteiger partial charge in [0, 0.05) is 5.56 Å². The van der Waals surface area contributed by atoms with Crippen molar-refractivity contribution in [3.05, 3.63) is 36.5 Å². The van der Waals surface area contributed by atoms with Gasteiger partial charge in [-0.25, -0.2) is 0 Å².